The van der Waals surface area contributed by atoms with Crippen molar-refractivity contribution in [3.63, 3.8) is 0 Å². The molecule has 36 heavy (non-hydrogen) atoms. The maximum Gasteiger partial charge on any atom is 0.198 e. The molecule has 0 aliphatic heterocycles. The number of hydrogen-bond donors (Lipinski definition) is 4. The van der Waals surface area contributed by atoms with Gasteiger partial charge in [0.15, 0.2) is 11.6 Å². The zero-order valence-electron chi connectivity index (χ0n) is 22.6. The molecule has 4 N–H and O–H groups in total. The molecule has 0 fully saturated rings. The summed E-state index contributed by atoms with van der Waals surface area (Å²) in [6, 6.07) is 7.80. The van der Waals surface area contributed by atoms with Gasteiger partial charge >= 0.3 is 0 Å². The Kier molecular flexibility index (Phi) is 10.6. The summed E-state index contributed by atoms with van der Waals surface area (Å²) in [4.78, 5) is 28.5. The second-order valence-corrected chi connectivity index (χ2v) is 9.60. The number of fused-ring (bicyclic) bond motifs is 2. The fourth-order valence-electron chi connectivity index (χ4n) is 4.59. The predicted molar refractivity (Wildman–Crippen MR) is 153 cm³/mol. The first-order valence-corrected chi connectivity index (χ1v) is 14.0. The van der Waals surface area contributed by atoms with Crippen molar-refractivity contribution >= 4 is 34.3 Å². The molecule has 0 heterocycles. The first-order valence-electron chi connectivity index (χ1n) is 14.0. The maximum atomic E-state index is 14.2. The lowest BCUT2D eigenvalue weighted by Gasteiger charge is -2.27. The van der Waals surface area contributed by atoms with Crippen molar-refractivity contribution in [2.24, 2.45) is 0 Å². The first-order chi connectivity index (χ1) is 17.6. The van der Waals surface area contributed by atoms with Crippen LogP contribution in [-0.4, -0.2) is 37.7 Å². The van der Waals surface area contributed by atoms with Gasteiger partial charge < -0.3 is 21.3 Å². The van der Waals surface area contributed by atoms with Gasteiger partial charge in [-0.2, -0.15) is 0 Å². The van der Waals surface area contributed by atoms with E-state index in [0.29, 0.717) is 22.3 Å². The Hall–Kier alpha value is -3.02. The van der Waals surface area contributed by atoms with Crippen molar-refractivity contribution in [2.45, 2.75) is 79.1 Å². The van der Waals surface area contributed by atoms with Crippen LogP contribution in [0.5, 0.6) is 0 Å². The fraction of sp³-hybridized carbons (Fsp3) is 0.533. The molecule has 3 rings (SSSR count). The van der Waals surface area contributed by atoms with Crippen LogP contribution in [0.2, 0.25) is 0 Å². The number of benzene rings is 2. The SMILES string of the molecule is CCCCNc1ccc(NCCCC)c2c1C(=O)c1c(NCCCC)ccc(NCCCC)c1C2=O. The van der Waals surface area contributed by atoms with E-state index in [1.54, 1.807) is 0 Å². The van der Waals surface area contributed by atoms with Crippen molar-refractivity contribution in [1.29, 1.82) is 0 Å². The lowest BCUT2D eigenvalue weighted by Crippen LogP contribution is -2.27. The number of unbranched alkanes of at least 4 members (excludes halogenated alkanes) is 4. The number of carbonyl (C=O) groups is 2. The molecule has 1 aliphatic rings. The third kappa shape index (κ3) is 6.21. The van der Waals surface area contributed by atoms with E-state index in [1.165, 1.54) is 0 Å². The highest BCUT2D eigenvalue weighted by molar-refractivity contribution is 6.35. The summed E-state index contributed by atoms with van der Waals surface area (Å²) >= 11 is 0. The minimum Gasteiger partial charge on any atom is -0.384 e. The minimum atomic E-state index is -0.0871. The van der Waals surface area contributed by atoms with Gasteiger partial charge in [0.1, 0.15) is 0 Å². The Morgan fingerprint density at radius 3 is 0.861 bits per heavy atom. The summed E-state index contributed by atoms with van der Waals surface area (Å²) < 4.78 is 0. The van der Waals surface area contributed by atoms with Crippen LogP contribution in [-0.2, 0) is 0 Å². The molecule has 6 heteroatoms. The Morgan fingerprint density at radius 2 is 0.667 bits per heavy atom. The van der Waals surface area contributed by atoms with E-state index in [0.717, 1.165) is 100 Å². The Labute approximate surface area is 217 Å². The van der Waals surface area contributed by atoms with E-state index in [1.807, 2.05) is 24.3 Å². The van der Waals surface area contributed by atoms with Crippen LogP contribution in [0.1, 0.15) is 111 Å². The van der Waals surface area contributed by atoms with Crippen LogP contribution < -0.4 is 21.3 Å². The largest absolute Gasteiger partial charge is 0.384 e. The van der Waals surface area contributed by atoms with Crippen molar-refractivity contribution in [3.05, 3.63) is 46.5 Å². The van der Waals surface area contributed by atoms with E-state index in [9.17, 15) is 9.59 Å². The van der Waals surface area contributed by atoms with Crippen LogP contribution in [0.15, 0.2) is 24.3 Å². The zero-order valence-corrected chi connectivity index (χ0v) is 22.6. The summed E-state index contributed by atoms with van der Waals surface area (Å²) in [6.07, 6.45) is 8.22. The topological polar surface area (TPSA) is 82.3 Å². The molecule has 0 atom stereocenters. The summed E-state index contributed by atoms with van der Waals surface area (Å²) in [5.41, 5.74) is 4.95. The standard InChI is InChI=1S/C30H44N4O2/c1-5-9-17-31-21-13-14-22(32-18-10-6-2)26-25(21)29(35)27-23(33-19-11-7-3)15-16-24(28(27)30(26)36)34-20-12-8-4/h13-16,31-34H,5-12,17-20H2,1-4H3. The molecule has 6 nitrogen and oxygen atoms in total. The molecule has 0 spiro atoms. The van der Waals surface area contributed by atoms with E-state index in [4.69, 9.17) is 0 Å². The summed E-state index contributed by atoms with van der Waals surface area (Å²) in [7, 11) is 0. The number of nitrogens with one attached hydrogen (secondary N) is 4. The van der Waals surface area contributed by atoms with Crippen LogP contribution in [0, 0.1) is 0 Å². The third-order valence-corrected chi connectivity index (χ3v) is 6.70. The van der Waals surface area contributed by atoms with Gasteiger partial charge in [-0.15, -0.1) is 0 Å². The summed E-state index contributed by atoms with van der Waals surface area (Å²) in [5, 5.41) is 13.8. The molecular formula is C30H44N4O2. The molecule has 0 saturated heterocycles. The third-order valence-electron chi connectivity index (χ3n) is 6.70. The number of hydrogen-bond acceptors (Lipinski definition) is 6. The Bertz CT molecular complexity index is 886. The Balaban J connectivity index is 2.15. The normalized spacial score (nSPS) is 12.2. The highest BCUT2D eigenvalue weighted by Crippen LogP contribution is 2.42. The van der Waals surface area contributed by atoms with E-state index >= 15 is 0 Å². The van der Waals surface area contributed by atoms with Crippen molar-refractivity contribution in [1.82, 2.24) is 0 Å². The van der Waals surface area contributed by atoms with Gasteiger partial charge in [0, 0.05) is 48.9 Å². The quantitative estimate of drug-likeness (QED) is 0.157. The van der Waals surface area contributed by atoms with E-state index < -0.39 is 0 Å². The molecule has 0 aromatic heterocycles. The lowest BCUT2D eigenvalue weighted by atomic mass is 9.80. The highest BCUT2D eigenvalue weighted by Gasteiger charge is 2.37. The van der Waals surface area contributed by atoms with Gasteiger partial charge in [0.2, 0.25) is 0 Å². The van der Waals surface area contributed by atoms with Crippen molar-refractivity contribution < 1.29 is 9.59 Å². The van der Waals surface area contributed by atoms with Crippen molar-refractivity contribution in [2.75, 3.05) is 47.4 Å². The van der Waals surface area contributed by atoms with Gasteiger partial charge in [0.25, 0.3) is 0 Å². The molecule has 0 saturated carbocycles. The molecule has 0 bridgehead atoms. The van der Waals surface area contributed by atoms with Gasteiger partial charge in [0.05, 0.1) is 22.3 Å². The average Bonchev–Trinajstić information content (AvgIpc) is 2.88. The maximum absolute atomic E-state index is 14.2. The van der Waals surface area contributed by atoms with Crippen LogP contribution in [0.25, 0.3) is 0 Å². The minimum absolute atomic E-state index is 0.0871. The Morgan fingerprint density at radius 1 is 0.444 bits per heavy atom. The molecule has 0 unspecified atom stereocenters. The van der Waals surface area contributed by atoms with E-state index in [-0.39, 0.29) is 11.6 Å². The van der Waals surface area contributed by atoms with Gasteiger partial charge in [-0.25, -0.2) is 0 Å². The molecule has 2 aromatic carbocycles. The number of ketones is 2. The number of anilines is 4. The van der Waals surface area contributed by atoms with Crippen LogP contribution in [0.4, 0.5) is 22.7 Å². The van der Waals surface area contributed by atoms with Crippen molar-refractivity contribution in [3.8, 4) is 0 Å². The second kappa shape index (κ2) is 13.9. The van der Waals surface area contributed by atoms with E-state index in [2.05, 4.69) is 49.0 Å². The fourth-order valence-corrected chi connectivity index (χ4v) is 4.59. The number of carbonyl (C=O) groups excluding carboxylic acids is 2. The molecule has 0 amide bonds. The summed E-state index contributed by atoms with van der Waals surface area (Å²) in [6.45, 7) is 11.6. The average molecular weight is 493 g/mol. The summed E-state index contributed by atoms with van der Waals surface area (Å²) in [5.74, 6) is -0.174. The molecule has 1 aliphatic carbocycles. The predicted octanol–water partition coefficient (Wildman–Crippen LogP) is 7.31. The monoisotopic (exact) mass is 492 g/mol. The molecule has 0 radical (unpaired) electrons. The number of rotatable bonds is 16. The zero-order chi connectivity index (χ0) is 25.9. The highest BCUT2D eigenvalue weighted by atomic mass is 16.1. The molecular weight excluding hydrogens is 448 g/mol. The van der Waals surface area contributed by atoms with Gasteiger partial charge in [-0.05, 0) is 49.9 Å². The lowest BCUT2D eigenvalue weighted by molar-refractivity contribution is 0.0981. The van der Waals surface area contributed by atoms with Crippen LogP contribution >= 0.6 is 0 Å². The first kappa shape index (κ1) is 27.6. The van der Waals surface area contributed by atoms with Gasteiger partial charge in [-0.3, -0.25) is 9.59 Å². The molecule has 2 aromatic rings. The smallest absolute Gasteiger partial charge is 0.198 e. The molecule has 196 valence electrons. The second-order valence-electron chi connectivity index (χ2n) is 9.60. The van der Waals surface area contributed by atoms with Gasteiger partial charge in [-0.1, -0.05) is 53.4 Å². The van der Waals surface area contributed by atoms with Crippen LogP contribution in [0.3, 0.4) is 0 Å².